The van der Waals surface area contributed by atoms with E-state index in [-0.39, 0.29) is 10.6 Å². The number of ether oxygens (including phenoxy) is 1. The van der Waals surface area contributed by atoms with Crippen LogP contribution in [0.25, 0.3) is 26.4 Å². The van der Waals surface area contributed by atoms with Crippen LogP contribution in [0.3, 0.4) is 0 Å². The zero-order valence-corrected chi connectivity index (χ0v) is 13.6. The number of rotatable bonds is 4. The Kier molecular flexibility index (Phi) is 3.42. The van der Waals surface area contributed by atoms with Gasteiger partial charge in [0.15, 0.2) is 4.96 Å². The third kappa shape index (κ3) is 2.30. The van der Waals surface area contributed by atoms with Crippen LogP contribution in [-0.4, -0.2) is 20.9 Å². The molecular formula is C17H13N3O3S. The van der Waals surface area contributed by atoms with Gasteiger partial charge in [-0.05, 0) is 25.1 Å². The van der Waals surface area contributed by atoms with Crippen LogP contribution in [0.15, 0.2) is 48.7 Å². The van der Waals surface area contributed by atoms with Gasteiger partial charge in [0, 0.05) is 23.9 Å². The average molecular weight is 339 g/mol. The van der Waals surface area contributed by atoms with Gasteiger partial charge in [0.2, 0.25) is 0 Å². The summed E-state index contributed by atoms with van der Waals surface area (Å²) in [7, 11) is 0. The molecule has 0 aliphatic rings. The van der Waals surface area contributed by atoms with Crippen molar-refractivity contribution in [2.75, 3.05) is 6.61 Å². The summed E-state index contributed by atoms with van der Waals surface area (Å²) in [6.45, 7) is 2.54. The van der Waals surface area contributed by atoms with Crippen LogP contribution in [0, 0.1) is 10.1 Å². The number of aromatic nitrogens is 2. The van der Waals surface area contributed by atoms with E-state index in [9.17, 15) is 10.1 Å². The predicted molar refractivity (Wildman–Crippen MR) is 93.8 cm³/mol. The second-order valence-electron chi connectivity index (χ2n) is 5.22. The van der Waals surface area contributed by atoms with E-state index in [1.807, 2.05) is 41.8 Å². The summed E-state index contributed by atoms with van der Waals surface area (Å²) >= 11 is 1.43. The summed E-state index contributed by atoms with van der Waals surface area (Å²) in [5.74, 6) is 0.797. The highest BCUT2D eigenvalue weighted by Gasteiger charge is 2.15. The fraction of sp³-hybridized carbons (Fsp3) is 0.118. The van der Waals surface area contributed by atoms with E-state index >= 15 is 0 Å². The van der Waals surface area contributed by atoms with Crippen LogP contribution in [0.1, 0.15) is 6.92 Å². The minimum absolute atomic E-state index is 0.0916. The molecule has 0 bridgehead atoms. The minimum Gasteiger partial charge on any atom is -0.493 e. The van der Waals surface area contributed by atoms with Crippen LogP contribution in [-0.2, 0) is 0 Å². The lowest BCUT2D eigenvalue weighted by Crippen LogP contribution is -1.93. The standard InChI is InChI=1S/C17H13N3O3S/c1-2-23-15-6-4-3-5-12(15)13-10-19-14-8-7-11(20(21)22)9-16(14)24-17(19)18-13/h3-10H,2H2,1H3. The normalized spacial score (nSPS) is 11.2. The monoisotopic (exact) mass is 339 g/mol. The number of hydrogen-bond acceptors (Lipinski definition) is 5. The lowest BCUT2D eigenvalue weighted by molar-refractivity contribution is -0.384. The van der Waals surface area contributed by atoms with E-state index in [1.54, 1.807) is 12.1 Å². The highest BCUT2D eigenvalue weighted by molar-refractivity contribution is 7.23. The molecule has 2 aromatic carbocycles. The number of benzene rings is 2. The molecule has 7 heteroatoms. The molecule has 120 valence electrons. The number of hydrogen-bond donors (Lipinski definition) is 0. The number of nitrogens with zero attached hydrogens (tertiary/aromatic N) is 3. The Morgan fingerprint density at radius 1 is 1.29 bits per heavy atom. The van der Waals surface area contributed by atoms with Crippen molar-refractivity contribution in [1.82, 2.24) is 9.38 Å². The maximum Gasteiger partial charge on any atom is 0.270 e. The second kappa shape index (κ2) is 5.61. The molecule has 0 saturated heterocycles. The van der Waals surface area contributed by atoms with Crippen LogP contribution < -0.4 is 4.74 Å². The summed E-state index contributed by atoms with van der Waals surface area (Å²) in [4.78, 5) is 16.0. The molecule has 6 nitrogen and oxygen atoms in total. The highest BCUT2D eigenvalue weighted by Crippen LogP contribution is 2.34. The molecule has 0 aliphatic carbocycles. The predicted octanol–water partition coefficient (Wildman–Crippen LogP) is 4.52. The van der Waals surface area contributed by atoms with E-state index in [4.69, 9.17) is 4.74 Å². The summed E-state index contributed by atoms with van der Waals surface area (Å²) in [5.41, 5.74) is 2.76. The van der Waals surface area contributed by atoms with E-state index < -0.39 is 0 Å². The van der Waals surface area contributed by atoms with Crippen molar-refractivity contribution in [2.45, 2.75) is 6.92 Å². The molecule has 4 aromatic rings. The zero-order valence-electron chi connectivity index (χ0n) is 12.8. The number of imidazole rings is 1. The molecule has 0 aliphatic heterocycles. The highest BCUT2D eigenvalue weighted by atomic mass is 32.1. The van der Waals surface area contributed by atoms with Gasteiger partial charge in [-0.25, -0.2) is 4.98 Å². The molecule has 0 unspecified atom stereocenters. The van der Waals surface area contributed by atoms with Crippen molar-refractivity contribution in [1.29, 1.82) is 0 Å². The average Bonchev–Trinajstić information content (AvgIpc) is 3.12. The largest absolute Gasteiger partial charge is 0.493 e. The molecule has 4 rings (SSSR count). The van der Waals surface area contributed by atoms with Crippen LogP contribution in [0.2, 0.25) is 0 Å². The molecule has 0 spiro atoms. The Balaban J connectivity index is 1.86. The van der Waals surface area contributed by atoms with Gasteiger partial charge in [0.05, 0.1) is 27.4 Å². The van der Waals surface area contributed by atoms with Crippen LogP contribution in [0.5, 0.6) is 5.75 Å². The maximum atomic E-state index is 10.9. The number of nitro groups is 1. The first-order chi connectivity index (χ1) is 11.7. The molecule has 0 saturated carbocycles. The number of non-ortho nitro benzene ring substituents is 1. The van der Waals surface area contributed by atoms with Crippen LogP contribution in [0.4, 0.5) is 5.69 Å². The Morgan fingerprint density at radius 2 is 2.12 bits per heavy atom. The van der Waals surface area contributed by atoms with Crippen molar-refractivity contribution < 1.29 is 9.66 Å². The summed E-state index contributed by atoms with van der Waals surface area (Å²) < 4.78 is 8.48. The third-order valence-electron chi connectivity index (χ3n) is 3.75. The fourth-order valence-corrected chi connectivity index (χ4v) is 3.73. The number of fused-ring (bicyclic) bond motifs is 3. The Morgan fingerprint density at radius 3 is 2.92 bits per heavy atom. The van der Waals surface area contributed by atoms with Gasteiger partial charge >= 0.3 is 0 Å². The summed E-state index contributed by atoms with van der Waals surface area (Å²) in [6, 6.07) is 12.6. The van der Waals surface area contributed by atoms with Crippen molar-refractivity contribution in [2.24, 2.45) is 0 Å². The van der Waals surface area contributed by atoms with E-state index in [1.165, 1.54) is 17.4 Å². The SMILES string of the molecule is CCOc1ccccc1-c1cn2c(n1)sc1cc([N+](=O)[O-])ccc12. The molecule has 2 aromatic heterocycles. The summed E-state index contributed by atoms with van der Waals surface area (Å²) in [5, 5.41) is 10.9. The van der Waals surface area contributed by atoms with Crippen molar-refractivity contribution in [3.8, 4) is 17.0 Å². The van der Waals surface area contributed by atoms with Gasteiger partial charge in [0.1, 0.15) is 5.75 Å². The molecule has 2 heterocycles. The first-order valence-electron chi connectivity index (χ1n) is 7.45. The second-order valence-corrected chi connectivity index (χ2v) is 6.23. The Labute approximate surface area is 141 Å². The van der Waals surface area contributed by atoms with Gasteiger partial charge in [-0.15, -0.1) is 0 Å². The van der Waals surface area contributed by atoms with Gasteiger partial charge in [-0.2, -0.15) is 0 Å². The Hall–Kier alpha value is -2.93. The quantitative estimate of drug-likeness (QED) is 0.405. The number of nitro benzene ring substituents is 1. The molecule has 0 radical (unpaired) electrons. The topological polar surface area (TPSA) is 69.7 Å². The lowest BCUT2D eigenvalue weighted by Gasteiger charge is -2.07. The third-order valence-corrected chi connectivity index (χ3v) is 4.77. The zero-order chi connectivity index (χ0) is 16.7. The summed E-state index contributed by atoms with van der Waals surface area (Å²) in [6.07, 6.45) is 1.94. The number of para-hydroxylation sites is 1. The molecule has 0 N–H and O–H groups in total. The molecule has 24 heavy (non-hydrogen) atoms. The molecule has 0 amide bonds. The maximum absolute atomic E-state index is 10.9. The van der Waals surface area contributed by atoms with Gasteiger partial charge in [-0.3, -0.25) is 14.5 Å². The lowest BCUT2D eigenvalue weighted by atomic mass is 10.1. The Bertz CT molecular complexity index is 1070. The van der Waals surface area contributed by atoms with Crippen molar-refractivity contribution in [3.05, 3.63) is 58.8 Å². The van der Waals surface area contributed by atoms with E-state index in [2.05, 4.69) is 4.98 Å². The number of thiazole rings is 1. The van der Waals surface area contributed by atoms with Gasteiger partial charge in [0.25, 0.3) is 5.69 Å². The smallest absolute Gasteiger partial charge is 0.270 e. The van der Waals surface area contributed by atoms with Gasteiger partial charge < -0.3 is 4.74 Å². The first kappa shape index (κ1) is 14.6. The molecule has 0 fully saturated rings. The van der Waals surface area contributed by atoms with Crippen molar-refractivity contribution >= 4 is 32.2 Å². The molecule has 0 atom stereocenters. The van der Waals surface area contributed by atoms with Crippen molar-refractivity contribution in [3.63, 3.8) is 0 Å². The van der Waals surface area contributed by atoms with Gasteiger partial charge in [-0.1, -0.05) is 23.5 Å². The van der Waals surface area contributed by atoms with Crippen LogP contribution >= 0.6 is 11.3 Å². The van der Waals surface area contributed by atoms with E-state index in [0.29, 0.717) is 6.61 Å². The first-order valence-corrected chi connectivity index (χ1v) is 8.27. The van der Waals surface area contributed by atoms with E-state index in [0.717, 1.165) is 32.2 Å². The fourth-order valence-electron chi connectivity index (χ4n) is 2.69. The molecular weight excluding hydrogens is 326 g/mol. The minimum atomic E-state index is -0.383.